The second-order valence-electron chi connectivity index (χ2n) is 5.74. The van der Waals surface area contributed by atoms with Gasteiger partial charge in [-0.05, 0) is 47.7 Å². The number of hydrogen-bond donors (Lipinski definition) is 1. The molecule has 0 saturated carbocycles. The predicted octanol–water partition coefficient (Wildman–Crippen LogP) is 5.38. The molecular formula is C18H21BrFN. The van der Waals surface area contributed by atoms with Gasteiger partial charge in [0.15, 0.2) is 0 Å². The Bertz CT molecular complexity index is 593. The van der Waals surface area contributed by atoms with Crippen molar-refractivity contribution in [3.05, 3.63) is 69.4 Å². The average molecular weight is 350 g/mol. The molecule has 0 radical (unpaired) electrons. The minimum Gasteiger partial charge on any atom is -0.306 e. The molecule has 0 aliphatic carbocycles. The molecule has 3 heteroatoms. The Morgan fingerprint density at radius 2 is 1.76 bits per heavy atom. The predicted molar refractivity (Wildman–Crippen MR) is 89.7 cm³/mol. The quantitative estimate of drug-likeness (QED) is 0.763. The molecule has 1 nitrogen and oxygen atoms in total. The zero-order valence-electron chi connectivity index (χ0n) is 12.7. The van der Waals surface area contributed by atoms with Gasteiger partial charge in [-0.3, -0.25) is 0 Å². The van der Waals surface area contributed by atoms with E-state index in [0.29, 0.717) is 5.92 Å². The molecule has 0 heterocycles. The van der Waals surface area contributed by atoms with Gasteiger partial charge >= 0.3 is 0 Å². The molecule has 0 amide bonds. The third kappa shape index (κ3) is 4.39. The molecule has 0 aliphatic rings. The van der Waals surface area contributed by atoms with E-state index in [1.54, 1.807) is 0 Å². The van der Waals surface area contributed by atoms with E-state index in [4.69, 9.17) is 0 Å². The van der Waals surface area contributed by atoms with Crippen molar-refractivity contribution in [1.82, 2.24) is 5.32 Å². The van der Waals surface area contributed by atoms with Crippen LogP contribution >= 0.6 is 15.9 Å². The smallest absolute Gasteiger partial charge is 0.123 e. The van der Waals surface area contributed by atoms with Crippen LogP contribution in [0.3, 0.4) is 0 Å². The van der Waals surface area contributed by atoms with Crippen LogP contribution < -0.4 is 5.32 Å². The van der Waals surface area contributed by atoms with Crippen molar-refractivity contribution in [1.29, 1.82) is 0 Å². The fourth-order valence-electron chi connectivity index (χ4n) is 2.38. The minimum absolute atomic E-state index is 0.191. The van der Waals surface area contributed by atoms with Gasteiger partial charge in [-0.1, -0.05) is 54.0 Å². The monoisotopic (exact) mass is 349 g/mol. The van der Waals surface area contributed by atoms with E-state index < -0.39 is 0 Å². The first-order valence-corrected chi connectivity index (χ1v) is 8.00. The number of nitrogens with one attached hydrogen (secondary N) is 1. The summed E-state index contributed by atoms with van der Waals surface area (Å²) >= 11 is 3.57. The molecule has 2 rings (SSSR count). The molecule has 112 valence electrons. The summed E-state index contributed by atoms with van der Waals surface area (Å²) in [6, 6.07) is 13.4. The maximum absolute atomic E-state index is 13.1. The summed E-state index contributed by atoms with van der Waals surface area (Å²) in [6.45, 7) is 7.22. The highest BCUT2D eigenvalue weighted by molar-refractivity contribution is 9.10. The van der Waals surface area contributed by atoms with Gasteiger partial charge in [-0.2, -0.15) is 0 Å². The minimum atomic E-state index is -0.191. The van der Waals surface area contributed by atoms with Crippen molar-refractivity contribution in [2.24, 2.45) is 5.92 Å². The van der Waals surface area contributed by atoms with E-state index in [1.807, 2.05) is 12.1 Å². The Morgan fingerprint density at radius 1 is 1.10 bits per heavy atom. The highest BCUT2D eigenvalue weighted by atomic mass is 79.9. The van der Waals surface area contributed by atoms with Crippen LogP contribution in [0.1, 0.15) is 36.6 Å². The molecular weight excluding hydrogens is 329 g/mol. The van der Waals surface area contributed by atoms with Crippen LogP contribution in [0.15, 0.2) is 46.9 Å². The van der Waals surface area contributed by atoms with Crippen molar-refractivity contribution < 1.29 is 4.39 Å². The maximum atomic E-state index is 13.1. The molecule has 1 N–H and O–H groups in total. The highest BCUT2D eigenvalue weighted by Crippen LogP contribution is 2.23. The Kier molecular flexibility index (Phi) is 5.54. The van der Waals surface area contributed by atoms with E-state index >= 15 is 0 Å². The molecule has 0 aromatic heterocycles. The van der Waals surface area contributed by atoms with E-state index in [2.05, 4.69) is 60.2 Å². The average Bonchev–Trinajstić information content (AvgIpc) is 2.44. The first-order chi connectivity index (χ1) is 9.97. The lowest BCUT2D eigenvalue weighted by molar-refractivity contribution is 0.410. The molecule has 0 saturated heterocycles. The van der Waals surface area contributed by atoms with Crippen LogP contribution in [0.2, 0.25) is 0 Å². The molecule has 0 bridgehead atoms. The summed E-state index contributed by atoms with van der Waals surface area (Å²) < 4.78 is 14.2. The summed E-state index contributed by atoms with van der Waals surface area (Å²) in [4.78, 5) is 0. The van der Waals surface area contributed by atoms with E-state index in [9.17, 15) is 4.39 Å². The van der Waals surface area contributed by atoms with Crippen LogP contribution in [0.4, 0.5) is 4.39 Å². The normalized spacial score (nSPS) is 12.7. The van der Waals surface area contributed by atoms with Gasteiger partial charge in [0.2, 0.25) is 0 Å². The fraction of sp³-hybridized carbons (Fsp3) is 0.333. The fourth-order valence-corrected chi connectivity index (χ4v) is 2.81. The molecule has 21 heavy (non-hydrogen) atoms. The van der Waals surface area contributed by atoms with Crippen molar-refractivity contribution in [3.63, 3.8) is 0 Å². The van der Waals surface area contributed by atoms with Crippen molar-refractivity contribution in [2.75, 3.05) is 0 Å². The van der Waals surface area contributed by atoms with Gasteiger partial charge in [-0.25, -0.2) is 4.39 Å². The van der Waals surface area contributed by atoms with Crippen molar-refractivity contribution in [2.45, 2.75) is 33.4 Å². The molecule has 2 aromatic rings. The number of benzene rings is 2. The van der Waals surface area contributed by atoms with E-state index in [1.165, 1.54) is 23.3 Å². The molecule has 1 atom stereocenters. The lowest BCUT2D eigenvalue weighted by Gasteiger charge is -2.23. The SMILES string of the molecule is Cc1ccc(CNC(c2ccc(F)cc2)C(C)C)cc1Br. The Labute approximate surface area is 134 Å². The van der Waals surface area contributed by atoms with Gasteiger partial charge < -0.3 is 5.32 Å². The first kappa shape index (κ1) is 16.2. The van der Waals surface area contributed by atoms with Gasteiger partial charge in [0.1, 0.15) is 5.82 Å². The molecule has 0 aliphatic heterocycles. The molecule has 2 aromatic carbocycles. The molecule has 0 fully saturated rings. The lowest BCUT2D eigenvalue weighted by Crippen LogP contribution is -2.25. The van der Waals surface area contributed by atoms with Gasteiger partial charge in [0, 0.05) is 17.1 Å². The third-order valence-corrected chi connectivity index (χ3v) is 4.51. The van der Waals surface area contributed by atoms with Gasteiger partial charge in [-0.15, -0.1) is 0 Å². The standard InChI is InChI=1S/C18H21BrFN/c1-12(2)18(15-6-8-16(20)9-7-15)21-11-14-5-4-13(3)17(19)10-14/h4-10,12,18,21H,11H2,1-3H3. The second-order valence-corrected chi connectivity index (χ2v) is 6.59. The van der Waals surface area contributed by atoms with Crippen molar-refractivity contribution in [3.8, 4) is 0 Å². The highest BCUT2D eigenvalue weighted by Gasteiger charge is 2.15. The largest absolute Gasteiger partial charge is 0.306 e. The summed E-state index contributed by atoms with van der Waals surface area (Å²) in [5.41, 5.74) is 3.59. The zero-order chi connectivity index (χ0) is 15.4. The zero-order valence-corrected chi connectivity index (χ0v) is 14.2. The number of rotatable bonds is 5. The van der Waals surface area contributed by atoms with Crippen LogP contribution in [0.5, 0.6) is 0 Å². The lowest BCUT2D eigenvalue weighted by atomic mass is 9.95. The van der Waals surface area contributed by atoms with Crippen LogP contribution in [0, 0.1) is 18.7 Å². The van der Waals surface area contributed by atoms with Crippen LogP contribution in [-0.2, 0) is 6.54 Å². The first-order valence-electron chi connectivity index (χ1n) is 7.21. The molecule has 1 unspecified atom stereocenters. The number of halogens is 2. The Balaban J connectivity index is 2.09. The Morgan fingerprint density at radius 3 is 2.33 bits per heavy atom. The summed E-state index contributed by atoms with van der Waals surface area (Å²) in [5, 5.41) is 3.57. The second kappa shape index (κ2) is 7.19. The topological polar surface area (TPSA) is 12.0 Å². The van der Waals surface area contributed by atoms with Gasteiger partial charge in [0.25, 0.3) is 0 Å². The third-order valence-electron chi connectivity index (χ3n) is 3.66. The number of hydrogen-bond acceptors (Lipinski definition) is 1. The molecule has 0 spiro atoms. The summed E-state index contributed by atoms with van der Waals surface area (Å²) in [7, 11) is 0. The van der Waals surface area contributed by atoms with E-state index in [0.717, 1.165) is 16.6 Å². The summed E-state index contributed by atoms with van der Waals surface area (Å²) in [6.07, 6.45) is 0. The summed E-state index contributed by atoms with van der Waals surface area (Å²) in [5.74, 6) is 0.244. The van der Waals surface area contributed by atoms with Crippen molar-refractivity contribution >= 4 is 15.9 Å². The maximum Gasteiger partial charge on any atom is 0.123 e. The van der Waals surface area contributed by atoms with Gasteiger partial charge in [0.05, 0.1) is 0 Å². The van der Waals surface area contributed by atoms with E-state index in [-0.39, 0.29) is 11.9 Å². The number of aryl methyl sites for hydroxylation is 1. The van der Waals surface area contributed by atoms with Crippen LogP contribution in [0.25, 0.3) is 0 Å². The van der Waals surface area contributed by atoms with Crippen LogP contribution in [-0.4, -0.2) is 0 Å². The Hall–Kier alpha value is -1.19.